The molecule has 0 fully saturated rings. The third-order valence-electron chi connectivity index (χ3n) is 1.79. The molecule has 14 heavy (non-hydrogen) atoms. The molecule has 1 heterocycles. The van der Waals surface area contributed by atoms with Crippen molar-refractivity contribution >= 4 is 11.0 Å². The van der Waals surface area contributed by atoms with Gasteiger partial charge in [-0.05, 0) is 6.07 Å². The predicted octanol–water partition coefficient (Wildman–Crippen LogP) is 0.910. The number of rotatable bonds is 0. The van der Waals surface area contributed by atoms with Crippen LogP contribution < -0.4 is 5.63 Å². The maximum atomic E-state index is 10.8. The van der Waals surface area contributed by atoms with Crippen molar-refractivity contribution in [3.8, 4) is 17.2 Å². The first-order chi connectivity index (χ1) is 6.58. The predicted molar refractivity (Wildman–Crippen MR) is 47.5 cm³/mol. The first-order valence-electron chi connectivity index (χ1n) is 3.77. The molecule has 0 bridgehead atoms. The molecular weight excluding hydrogens is 188 g/mol. The number of phenols is 2. The molecule has 0 unspecified atom stereocenters. The minimum absolute atomic E-state index is 0.0853. The van der Waals surface area contributed by atoms with Gasteiger partial charge in [-0.3, -0.25) is 0 Å². The smallest absolute Gasteiger partial charge is 0.340 e. The van der Waals surface area contributed by atoms with Crippen molar-refractivity contribution in [1.82, 2.24) is 0 Å². The summed E-state index contributed by atoms with van der Waals surface area (Å²) in [4.78, 5) is 10.8. The van der Waals surface area contributed by atoms with Gasteiger partial charge < -0.3 is 19.7 Å². The molecule has 0 atom stereocenters. The van der Waals surface area contributed by atoms with Gasteiger partial charge in [0.2, 0.25) is 0 Å². The van der Waals surface area contributed by atoms with Crippen molar-refractivity contribution in [3.63, 3.8) is 0 Å². The van der Waals surface area contributed by atoms with E-state index in [2.05, 4.69) is 4.42 Å². The van der Waals surface area contributed by atoms with E-state index in [4.69, 9.17) is 5.11 Å². The van der Waals surface area contributed by atoms with Crippen LogP contribution in [0.25, 0.3) is 11.0 Å². The fraction of sp³-hybridized carbons (Fsp3) is 0. The molecule has 72 valence electrons. The third kappa shape index (κ3) is 1.15. The van der Waals surface area contributed by atoms with E-state index in [0.717, 1.165) is 12.1 Å². The Labute approximate surface area is 77.5 Å². The first-order valence-corrected chi connectivity index (χ1v) is 3.77. The second-order valence-electron chi connectivity index (χ2n) is 2.79. The molecule has 2 rings (SSSR count). The summed E-state index contributed by atoms with van der Waals surface area (Å²) in [5.74, 6) is -0.963. The Hall–Kier alpha value is -2.17. The van der Waals surface area contributed by atoms with Crippen LogP contribution in [0.3, 0.4) is 0 Å². The van der Waals surface area contributed by atoms with Gasteiger partial charge in [0.25, 0.3) is 0 Å². The number of fused-ring (bicyclic) bond motifs is 1. The molecule has 0 radical (unpaired) electrons. The van der Waals surface area contributed by atoms with Crippen molar-refractivity contribution in [2.24, 2.45) is 0 Å². The van der Waals surface area contributed by atoms with E-state index in [0.29, 0.717) is 0 Å². The Morgan fingerprint density at radius 1 is 1.00 bits per heavy atom. The zero-order chi connectivity index (χ0) is 10.3. The van der Waals surface area contributed by atoms with Gasteiger partial charge in [-0.15, -0.1) is 0 Å². The number of hydrogen-bond acceptors (Lipinski definition) is 5. The SMILES string of the molecule is O=c1cc(O)c2cc(O)cc(O)c2o1. The van der Waals surface area contributed by atoms with Crippen LogP contribution in [0.4, 0.5) is 0 Å². The summed E-state index contributed by atoms with van der Waals surface area (Å²) in [5.41, 5.74) is -0.913. The Morgan fingerprint density at radius 2 is 1.71 bits per heavy atom. The van der Waals surface area contributed by atoms with E-state index in [-0.39, 0.29) is 22.5 Å². The summed E-state index contributed by atoms with van der Waals surface area (Å²) in [6.07, 6.45) is 0. The van der Waals surface area contributed by atoms with Crippen LogP contribution in [0.2, 0.25) is 0 Å². The van der Waals surface area contributed by atoms with Crippen LogP contribution in [0, 0.1) is 0 Å². The van der Waals surface area contributed by atoms with Crippen molar-refractivity contribution in [3.05, 3.63) is 28.6 Å². The number of hydrogen-bond donors (Lipinski definition) is 3. The minimum Gasteiger partial charge on any atom is -0.508 e. The average Bonchev–Trinajstić information content (AvgIpc) is 2.07. The molecule has 2 aromatic rings. The number of benzene rings is 1. The summed E-state index contributed by atoms with van der Waals surface area (Å²) in [6, 6.07) is 3.07. The Kier molecular flexibility index (Phi) is 1.60. The van der Waals surface area contributed by atoms with E-state index < -0.39 is 11.4 Å². The third-order valence-corrected chi connectivity index (χ3v) is 1.79. The Morgan fingerprint density at radius 3 is 2.43 bits per heavy atom. The van der Waals surface area contributed by atoms with Crippen molar-refractivity contribution in [2.45, 2.75) is 0 Å². The monoisotopic (exact) mass is 194 g/mol. The standard InChI is InChI=1S/C9H6O5/c10-4-1-5-6(11)3-8(13)14-9(5)7(12)2-4/h1-3,10-12H. The Balaban J connectivity index is 3.01. The molecule has 1 aromatic carbocycles. The molecule has 0 saturated carbocycles. The lowest BCUT2D eigenvalue weighted by molar-refractivity contribution is 0.433. The van der Waals surface area contributed by atoms with E-state index in [9.17, 15) is 15.0 Å². The number of phenolic OH excluding ortho intramolecular Hbond substituents is 2. The van der Waals surface area contributed by atoms with Gasteiger partial charge >= 0.3 is 5.63 Å². The topological polar surface area (TPSA) is 90.9 Å². The van der Waals surface area contributed by atoms with Gasteiger partial charge in [0.05, 0.1) is 11.5 Å². The highest BCUT2D eigenvalue weighted by Gasteiger charge is 2.09. The Bertz CT molecular complexity index is 555. The highest BCUT2D eigenvalue weighted by Crippen LogP contribution is 2.33. The fourth-order valence-electron chi connectivity index (χ4n) is 1.22. The van der Waals surface area contributed by atoms with Crippen molar-refractivity contribution in [1.29, 1.82) is 0 Å². The average molecular weight is 194 g/mol. The lowest BCUT2D eigenvalue weighted by Crippen LogP contribution is -1.95. The van der Waals surface area contributed by atoms with Crippen LogP contribution in [0.1, 0.15) is 0 Å². The summed E-state index contributed by atoms with van der Waals surface area (Å²) in [7, 11) is 0. The fourth-order valence-corrected chi connectivity index (χ4v) is 1.22. The number of aromatic hydroxyl groups is 3. The maximum absolute atomic E-state index is 10.8. The summed E-state index contributed by atoms with van der Waals surface area (Å²) in [5, 5.41) is 27.8. The minimum atomic E-state index is -0.768. The summed E-state index contributed by atoms with van der Waals surface area (Å²) < 4.78 is 4.65. The lowest BCUT2D eigenvalue weighted by atomic mass is 10.2. The molecule has 5 nitrogen and oxygen atoms in total. The van der Waals surface area contributed by atoms with Gasteiger partial charge in [0.15, 0.2) is 11.3 Å². The van der Waals surface area contributed by atoms with Crippen molar-refractivity contribution < 1.29 is 19.7 Å². The highest BCUT2D eigenvalue weighted by atomic mass is 16.4. The first kappa shape index (κ1) is 8.43. The zero-order valence-corrected chi connectivity index (χ0v) is 6.89. The second-order valence-corrected chi connectivity index (χ2v) is 2.79. The molecule has 5 heteroatoms. The molecule has 0 aliphatic rings. The van der Waals surface area contributed by atoms with E-state index in [1.54, 1.807) is 0 Å². The zero-order valence-electron chi connectivity index (χ0n) is 6.89. The van der Waals surface area contributed by atoms with Gasteiger partial charge in [-0.25, -0.2) is 4.79 Å². The quantitative estimate of drug-likeness (QED) is 0.542. The maximum Gasteiger partial charge on any atom is 0.340 e. The molecule has 0 aliphatic carbocycles. The van der Waals surface area contributed by atoms with Gasteiger partial charge in [-0.2, -0.15) is 0 Å². The van der Waals surface area contributed by atoms with Gasteiger partial charge in [-0.1, -0.05) is 0 Å². The highest BCUT2D eigenvalue weighted by molar-refractivity contribution is 5.88. The molecule has 1 aromatic heterocycles. The summed E-state index contributed by atoms with van der Waals surface area (Å²) in [6.45, 7) is 0. The van der Waals surface area contributed by atoms with E-state index in [1.165, 1.54) is 6.07 Å². The summed E-state index contributed by atoms with van der Waals surface area (Å²) >= 11 is 0. The van der Waals surface area contributed by atoms with Crippen LogP contribution in [0.5, 0.6) is 17.2 Å². The molecular formula is C9H6O5. The lowest BCUT2D eigenvalue weighted by Gasteiger charge is -2.01. The largest absolute Gasteiger partial charge is 0.508 e. The van der Waals surface area contributed by atoms with Gasteiger partial charge in [0, 0.05) is 6.07 Å². The van der Waals surface area contributed by atoms with E-state index >= 15 is 0 Å². The van der Waals surface area contributed by atoms with Crippen LogP contribution in [-0.2, 0) is 0 Å². The van der Waals surface area contributed by atoms with Crippen LogP contribution in [0.15, 0.2) is 27.4 Å². The van der Waals surface area contributed by atoms with Crippen molar-refractivity contribution in [2.75, 3.05) is 0 Å². The second kappa shape index (κ2) is 2.66. The van der Waals surface area contributed by atoms with Crippen LogP contribution in [-0.4, -0.2) is 15.3 Å². The van der Waals surface area contributed by atoms with Gasteiger partial charge in [0.1, 0.15) is 11.5 Å². The molecule has 0 amide bonds. The molecule has 3 N–H and O–H groups in total. The van der Waals surface area contributed by atoms with Crippen LogP contribution >= 0.6 is 0 Å². The molecule has 0 aliphatic heterocycles. The normalized spacial score (nSPS) is 10.6. The molecule has 0 saturated heterocycles. The van der Waals surface area contributed by atoms with E-state index in [1.807, 2.05) is 0 Å². The molecule has 0 spiro atoms.